The van der Waals surface area contributed by atoms with Crippen LogP contribution in [0.4, 0.5) is 0 Å². The van der Waals surface area contributed by atoms with E-state index in [1.807, 2.05) is 6.07 Å². The monoisotopic (exact) mass is 212 g/mol. The van der Waals surface area contributed by atoms with Gasteiger partial charge < -0.3 is 10.5 Å². The highest BCUT2D eigenvalue weighted by Gasteiger charge is 2.31. The van der Waals surface area contributed by atoms with E-state index in [1.54, 1.807) is 13.3 Å². The lowest BCUT2D eigenvalue weighted by molar-refractivity contribution is 0.386. The van der Waals surface area contributed by atoms with Crippen molar-refractivity contribution in [3.05, 3.63) is 22.8 Å². The van der Waals surface area contributed by atoms with Crippen LogP contribution in [-0.4, -0.2) is 12.1 Å². The van der Waals surface area contributed by atoms with Crippen LogP contribution < -0.4 is 10.5 Å². The molecule has 1 aromatic heterocycles. The van der Waals surface area contributed by atoms with Crippen molar-refractivity contribution in [2.75, 3.05) is 7.11 Å². The van der Waals surface area contributed by atoms with E-state index in [-0.39, 0.29) is 6.04 Å². The van der Waals surface area contributed by atoms with Crippen LogP contribution in [0.2, 0.25) is 5.02 Å². The molecular formula is C10H13ClN2O. The maximum absolute atomic E-state index is 6.07. The first-order chi connectivity index (χ1) is 6.72. The number of rotatable bonds is 3. The fraction of sp³-hybridized carbons (Fsp3) is 0.500. The highest BCUT2D eigenvalue weighted by molar-refractivity contribution is 6.30. The molecule has 2 N–H and O–H groups in total. The Morgan fingerprint density at radius 1 is 1.64 bits per heavy atom. The summed E-state index contributed by atoms with van der Waals surface area (Å²) in [7, 11) is 1.60. The van der Waals surface area contributed by atoms with Gasteiger partial charge >= 0.3 is 0 Å². The van der Waals surface area contributed by atoms with Crippen molar-refractivity contribution in [2.45, 2.75) is 18.9 Å². The summed E-state index contributed by atoms with van der Waals surface area (Å²) in [4.78, 5) is 4.09. The maximum atomic E-state index is 6.07. The number of hydrogen-bond acceptors (Lipinski definition) is 3. The van der Waals surface area contributed by atoms with E-state index in [4.69, 9.17) is 22.1 Å². The Labute approximate surface area is 88.2 Å². The molecule has 1 unspecified atom stereocenters. The van der Waals surface area contributed by atoms with E-state index in [1.165, 1.54) is 12.8 Å². The zero-order chi connectivity index (χ0) is 10.1. The Bertz CT molecular complexity index is 339. The SMILES string of the molecule is COc1ncc(Cl)cc1C(N)C1CC1. The van der Waals surface area contributed by atoms with Crippen molar-refractivity contribution in [1.82, 2.24) is 4.98 Å². The van der Waals surface area contributed by atoms with Gasteiger partial charge in [0, 0.05) is 17.8 Å². The van der Waals surface area contributed by atoms with E-state index in [0.29, 0.717) is 16.8 Å². The molecule has 4 heteroatoms. The van der Waals surface area contributed by atoms with Crippen molar-refractivity contribution in [1.29, 1.82) is 0 Å². The Balaban J connectivity index is 2.32. The van der Waals surface area contributed by atoms with Crippen LogP contribution in [0, 0.1) is 5.92 Å². The summed E-state index contributed by atoms with van der Waals surface area (Å²) < 4.78 is 5.15. The summed E-state index contributed by atoms with van der Waals surface area (Å²) in [5, 5.41) is 0.608. The Kier molecular flexibility index (Phi) is 2.61. The topological polar surface area (TPSA) is 48.1 Å². The number of nitrogens with zero attached hydrogens (tertiary/aromatic N) is 1. The molecule has 1 saturated carbocycles. The van der Waals surface area contributed by atoms with Gasteiger partial charge in [0.1, 0.15) is 0 Å². The van der Waals surface area contributed by atoms with Crippen LogP contribution in [0.1, 0.15) is 24.4 Å². The van der Waals surface area contributed by atoms with E-state index in [0.717, 1.165) is 5.56 Å². The van der Waals surface area contributed by atoms with E-state index in [9.17, 15) is 0 Å². The molecule has 1 atom stereocenters. The van der Waals surface area contributed by atoms with Gasteiger partial charge in [0.15, 0.2) is 0 Å². The average Bonchev–Trinajstić information content (AvgIpc) is 3.00. The molecule has 0 amide bonds. The molecule has 3 nitrogen and oxygen atoms in total. The first kappa shape index (κ1) is 9.74. The van der Waals surface area contributed by atoms with Gasteiger partial charge in [-0.25, -0.2) is 4.98 Å². The predicted molar refractivity (Wildman–Crippen MR) is 55.5 cm³/mol. The smallest absolute Gasteiger partial charge is 0.217 e. The number of hydrogen-bond donors (Lipinski definition) is 1. The summed E-state index contributed by atoms with van der Waals surface area (Å²) in [5.41, 5.74) is 6.99. The molecule has 1 aliphatic rings. The number of ether oxygens (including phenoxy) is 1. The van der Waals surface area contributed by atoms with Crippen LogP contribution in [-0.2, 0) is 0 Å². The number of pyridine rings is 1. The van der Waals surface area contributed by atoms with Gasteiger partial charge in [-0.3, -0.25) is 0 Å². The molecule has 0 aromatic carbocycles. The fourth-order valence-electron chi connectivity index (χ4n) is 1.56. The first-order valence-corrected chi connectivity index (χ1v) is 5.05. The number of nitrogens with two attached hydrogens (primary N) is 1. The van der Waals surface area contributed by atoms with Gasteiger partial charge in [-0.05, 0) is 24.8 Å². The number of methoxy groups -OCH3 is 1. The molecule has 0 spiro atoms. The largest absolute Gasteiger partial charge is 0.481 e. The average molecular weight is 213 g/mol. The van der Waals surface area contributed by atoms with Crippen molar-refractivity contribution in [2.24, 2.45) is 11.7 Å². The molecule has 1 fully saturated rings. The molecule has 0 saturated heterocycles. The molecule has 0 aliphatic heterocycles. The molecule has 0 radical (unpaired) electrons. The summed E-state index contributed by atoms with van der Waals surface area (Å²) in [6.07, 6.45) is 3.96. The minimum atomic E-state index is 0.0103. The Morgan fingerprint density at radius 2 is 2.36 bits per heavy atom. The minimum absolute atomic E-state index is 0.0103. The van der Waals surface area contributed by atoms with Crippen LogP contribution >= 0.6 is 11.6 Å². The van der Waals surface area contributed by atoms with Gasteiger partial charge in [0.05, 0.1) is 12.1 Å². The molecule has 1 aliphatic carbocycles. The van der Waals surface area contributed by atoms with Crippen LogP contribution in [0.15, 0.2) is 12.3 Å². The molecule has 1 heterocycles. The van der Waals surface area contributed by atoms with Crippen LogP contribution in [0.5, 0.6) is 5.88 Å². The Hall–Kier alpha value is -0.800. The summed E-state index contributed by atoms with van der Waals surface area (Å²) in [5.74, 6) is 1.16. The van der Waals surface area contributed by atoms with Gasteiger partial charge in [0.25, 0.3) is 0 Å². The fourth-order valence-corrected chi connectivity index (χ4v) is 1.73. The minimum Gasteiger partial charge on any atom is -0.481 e. The highest BCUT2D eigenvalue weighted by atomic mass is 35.5. The van der Waals surface area contributed by atoms with Crippen molar-refractivity contribution in [3.63, 3.8) is 0 Å². The lowest BCUT2D eigenvalue weighted by atomic mass is 10.1. The van der Waals surface area contributed by atoms with Crippen LogP contribution in [0.3, 0.4) is 0 Å². The van der Waals surface area contributed by atoms with Crippen molar-refractivity contribution >= 4 is 11.6 Å². The van der Waals surface area contributed by atoms with Gasteiger partial charge in [-0.2, -0.15) is 0 Å². The zero-order valence-electron chi connectivity index (χ0n) is 8.03. The summed E-state index contributed by atoms with van der Waals surface area (Å²) in [6.45, 7) is 0. The van der Waals surface area contributed by atoms with Crippen LogP contribution in [0.25, 0.3) is 0 Å². The number of aromatic nitrogens is 1. The second-order valence-corrected chi connectivity index (χ2v) is 4.05. The van der Waals surface area contributed by atoms with Crippen molar-refractivity contribution < 1.29 is 4.74 Å². The van der Waals surface area contributed by atoms with Gasteiger partial charge in [-0.15, -0.1) is 0 Å². The van der Waals surface area contributed by atoms with E-state index in [2.05, 4.69) is 4.98 Å². The Morgan fingerprint density at radius 3 is 2.93 bits per heavy atom. The molecule has 1 aromatic rings. The third-order valence-electron chi connectivity index (χ3n) is 2.53. The second-order valence-electron chi connectivity index (χ2n) is 3.62. The number of halogens is 1. The molecule has 76 valence electrons. The highest BCUT2D eigenvalue weighted by Crippen LogP contribution is 2.41. The molecule has 14 heavy (non-hydrogen) atoms. The van der Waals surface area contributed by atoms with E-state index < -0.39 is 0 Å². The third-order valence-corrected chi connectivity index (χ3v) is 2.73. The predicted octanol–water partition coefficient (Wildman–Crippen LogP) is 2.15. The van der Waals surface area contributed by atoms with Crippen molar-refractivity contribution in [3.8, 4) is 5.88 Å². The van der Waals surface area contributed by atoms with Gasteiger partial charge in [-0.1, -0.05) is 11.6 Å². The molecular weight excluding hydrogens is 200 g/mol. The summed E-state index contributed by atoms with van der Waals surface area (Å²) in [6, 6.07) is 1.85. The second kappa shape index (κ2) is 3.75. The van der Waals surface area contributed by atoms with E-state index >= 15 is 0 Å². The quantitative estimate of drug-likeness (QED) is 0.835. The standard InChI is InChI=1S/C10H13ClN2O/c1-14-10-8(4-7(11)5-13-10)9(12)6-2-3-6/h4-6,9H,2-3,12H2,1H3. The third kappa shape index (κ3) is 1.83. The molecule has 0 bridgehead atoms. The maximum Gasteiger partial charge on any atom is 0.217 e. The summed E-state index contributed by atoms with van der Waals surface area (Å²) >= 11 is 5.87. The first-order valence-electron chi connectivity index (χ1n) is 4.67. The lowest BCUT2D eigenvalue weighted by Crippen LogP contribution is -2.14. The van der Waals surface area contributed by atoms with Gasteiger partial charge in [0.2, 0.25) is 5.88 Å². The lowest BCUT2D eigenvalue weighted by Gasteiger charge is -2.13. The normalized spacial score (nSPS) is 17.9. The molecule has 2 rings (SSSR count). The zero-order valence-corrected chi connectivity index (χ0v) is 8.79.